The first-order valence-electron chi connectivity index (χ1n) is 6.98. The van der Waals surface area contributed by atoms with Crippen LogP contribution >= 0.6 is 11.8 Å². The molecule has 0 bridgehead atoms. The maximum atomic E-state index is 12.1. The zero-order chi connectivity index (χ0) is 16.1. The number of thioether (sulfide) groups is 1. The maximum absolute atomic E-state index is 12.1. The Kier molecular flexibility index (Phi) is 5.63. The monoisotopic (exact) mass is 320 g/mol. The molecule has 1 heterocycles. The molecule has 0 aliphatic heterocycles. The molecule has 1 N–H and O–H groups in total. The molecule has 0 aliphatic carbocycles. The third-order valence-electron chi connectivity index (χ3n) is 3.56. The van der Waals surface area contributed by atoms with E-state index in [0.717, 1.165) is 5.56 Å². The van der Waals surface area contributed by atoms with E-state index in [1.54, 1.807) is 24.8 Å². The van der Waals surface area contributed by atoms with Crippen LogP contribution in [0.4, 0.5) is 0 Å². The molecule has 0 amide bonds. The Bertz CT molecular complexity index is 724. The molecule has 0 spiro atoms. The van der Waals surface area contributed by atoms with Crippen molar-refractivity contribution in [2.24, 2.45) is 0 Å². The van der Waals surface area contributed by atoms with Crippen molar-refractivity contribution in [1.82, 2.24) is 9.55 Å². The van der Waals surface area contributed by atoms with Crippen LogP contribution in [0.15, 0.2) is 46.1 Å². The highest BCUT2D eigenvalue weighted by Gasteiger charge is 2.24. The van der Waals surface area contributed by atoms with Crippen LogP contribution in [0.5, 0.6) is 0 Å². The third kappa shape index (κ3) is 3.69. The summed E-state index contributed by atoms with van der Waals surface area (Å²) in [6.45, 7) is 1.69. The van der Waals surface area contributed by atoms with Gasteiger partial charge >= 0.3 is 5.69 Å². The van der Waals surface area contributed by atoms with Gasteiger partial charge in [-0.1, -0.05) is 30.3 Å². The molecule has 0 saturated carbocycles. The molecule has 22 heavy (non-hydrogen) atoms. The van der Waals surface area contributed by atoms with Crippen LogP contribution in [0.3, 0.4) is 0 Å². The summed E-state index contributed by atoms with van der Waals surface area (Å²) in [7, 11) is 1.64. The summed E-state index contributed by atoms with van der Waals surface area (Å²) in [4.78, 5) is 26.0. The van der Waals surface area contributed by atoms with Gasteiger partial charge in [-0.2, -0.15) is 0 Å². The van der Waals surface area contributed by atoms with Gasteiger partial charge in [0, 0.05) is 25.3 Å². The Hall–Kier alpha value is -1.79. The number of nitrogens with zero attached hydrogens (tertiary/aromatic N) is 1. The molecule has 118 valence electrons. The molecule has 6 heteroatoms. The highest BCUT2D eigenvalue weighted by molar-refractivity contribution is 7.98. The van der Waals surface area contributed by atoms with Crippen LogP contribution < -0.4 is 11.2 Å². The quantitative estimate of drug-likeness (QED) is 0.884. The van der Waals surface area contributed by atoms with Gasteiger partial charge in [-0.05, 0) is 18.7 Å². The van der Waals surface area contributed by atoms with Crippen LogP contribution in [-0.2, 0) is 11.2 Å². The Morgan fingerprint density at radius 1 is 1.27 bits per heavy atom. The van der Waals surface area contributed by atoms with E-state index in [-0.39, 0.29) is 17.0 Å². The van der Waals surface area contributed by atoms with Crippen molar-refractivity contribution in [3.8, 4) is 0 Å². The Morgan fingerprint density at radius 2 is 1.95 bits per heavy atom. The number of nitrogens with one attached hydrogen (secondary N) is 1. The van der Waals surface area contributed by atoms with Crippen LogP contribution in [-0.4, -0.2) is 29.0 Å². The van der Waals surface area contributed by atoms with Gasteiger partial charge in [0.05, 0.1) is 6.10 Å². The molecule has 0 aliphatic rings. The van der Waals surface area contributed by atoms with Crippen molar-refractivity contribution >= 4 is 11.8 Å². The molecule has 0 unspecified atom stereocenters. The summed E-state index contributed by atoms with van der Waals surface area (Å²) in [6.07, 6.45) is 4.03. The molecule has 0 fully saturated rings. The largest absolute Gasteiger partial charge is 0.378 e. The third-order valence-corrected chi connectivity index (χ3v) is 4.58. The molecule has 2 atom stereocenters. The average molecular weight is 320 g/mol. The number of H-pyrrole nitrogens is 1. The lowest BCUT2D eigenvalue weighted by molar-refractivity contribution is 0.0835. The van der Waals surface area contributed by atoms with E-state index in [1.807, 2.05) is 36.6 Å². The fourth-order valence-electron chi connectivity index (χ4n) is 2.37. The number of aromatic amines is 1. The van der Waals surface area contributed by atoms with Gasteiger partial charge in [0.25, 0.3) is 5.56 Å². The second kappa shape index (κ2) is 7.47. The number of ether oxygens (including phenoxy) is 1. The lowest BCUT2D eigenvalue weighted by Gasteiger charge is -2.26. The second-order valence-electron chi connectivity index (χ2n) is 5.07. The highest BCUT2D eigenvalue weighted by atomic mass is 32.2. The van der Waals surface area contributed by atoms with Gasteiger partial charge in [0.1, 0.15) is 5.37 Å². The molecular weight excluding hydrogens is 300 g/mol. The van der Waals surface area contributed by atoms with E-state index in [0.29, 0.717) is 12.0 Å². The average Bonchev–Trinajstić information content (AvgIpc) is 2.52. The molecule has 1 aromatic carbocycles. The minimum Gasteiger partial charge on any atom is -0.378 e. The Labute approximate surface area is 133 Å². The van der Waals surface area contributed by atoms with Crippen molar-refractivity contribution in [3.63, 3.8) is 0 Å². The predicted octanol–water partition coefficient (Wildman–Crippen LogP) is 1.96. The van der Waals surface area contributed by atoms with Crippen molar-refractivity contribution in [2.75, 3.05) is 13.4 Å². The summed E-state index contributed by atoms with van der Waals surface area (Å²) in [6, 6.07) is 9.99. The number of methoxy groups -OCH3 is 1. The van der Waals surface area contributed by atoms with Crippen LogP contribution in [0.2, 0.25) is 0 Å². The number of aryl methyl sites for hydroxylation is 1. The molecule has 5 nitrogen and oxygen atoms in total. The van der Waals surface area contributed by atoms with Crippen molar-refractivity contribution < 1.29 is 4.74 Å². The fourth-order valence-corrected chi connectivity index (χ4v) is 3.26. The lowest BCUT2D eigenvalue weighted by atomic mass is 10.1. The van der Waals surface area contributed by atoms with Gasteiger partial charge in [-0.15, -0.1) is 11.8 Å². The predicted molar refractivity (Wildman–Crippen MR) is 89.6 cm³/mol. The Morgan fingerprint density at radius 3 is 2.55 bits per heavy atom. The Balaban J connectivity index is 2.35. The van der Waals surface area contributed by atoms with E-state index in [4.69, 9.17) is 4.74 Å². The number of hydrogen-bond acceptors (Lipinski definition) is 4. The zero-order valence-corrected chi connectivity index (χ0v) is 13.7. The van der Waals surface area contributed by atoms with E-state index < -0.39 is 5.69 Å². The minimum atomic E-state index is -0.412. The molecule has 2 rings (SSSR count). The summed E-state index contributed by atoms with van der Waals surface area (Å²) < 4.78 is 7.15. The number of rotatable bonds is 6. The van der Waals surface area contributed by atoms with Gasteiger partial charge in [0.15, 0.2) is 0 Å². The fraction of sp³-hybridized carbons (Fsp3) is 0.375. The van der Waals surface area contributed by atoms with Crippen molar-refractivity contribution in [2.45, 2.75) is 24.8 Å². The van der Waals surface area contributed by atoms with E-state index >= 15 is 0 Å². The van der Waals surface area contributed by atoms with Crippen LogP contribution in [0, 0.1) is 6.92 Å². The lowest BCUT2D eigenvalue weighted by Crippen LogP contribution is -2.37. The molecular formula is C16H20N2O3S. The molecule has 0 saturated heterocycles. The summed E-state index contributed by atoms with van der Waals surface area (Å²) in [5.74, 6) is 0. The van der Waals surface area contributed by atoms with Crippen molar-refractivity contribution in [3.05, 3.63) is 68.5 Å². The van der Waals surface area contributed by atoms with Gasteiger partial charge < -0.3 is 4.74 Å². The SMILES string of the molecule is CO[C@@H](Cc1ccccc1)[C@@H](SC)n1cc(C)c(=O)[nH]c1=O. The van der Waals surface area contributed by atoms with Gasteiger partial charge in [0.2, 0.25) is 0 Å². The first kappa shape index (κ1) is 16.6. The first-order valence-corrected chi connectivity index (χ1v) is 8.27. The molecule has 1 aromatic heterocycles. The number of aromatic nitrogens is 2. The second-order valence-corrected chi connectivity index (χ2v) is 6.02. The summed E-state index contributed by atoms with van der Waals surface area (Å²) >= 11 is 1.52. The van der Waals surface area contributed by atoms with Crippen molar-refractivity contribution in [1.29, 1.82) is 0 Å². The standard InChI is InChI=1S/C16H20N2O3S/c1-11-10-18(16(20)17-14(11)19)15(22-3)13(21-2)9-12-7-5-4-6-8-12/h4-8,10,13,15H,9H2,1-3H3,(H,17,19,20)/t13-,15+/m0/s1. The summed E-state index contributed by atoms with van der Waals surface area (Å²) in [5, 5.41) is -0.215. The van der Waals surface area contributed by atoms with E-state index in [9.17, 15) is 9.59 Å². The summed E-state index contributed by atoms with van der Waals surface area (Å²) in [5.41, 5.74) is 0.888. The zero-order valence-electron chi connectivity index (χ0n) is 12.9. The first-order chi connectivity index (χ1) is 10.6. The van der Waals surface area contributed by atoms with Gasteiger partial charge in [-0.25, -0.2) is 4.79 Å². The number of benzene rings is 1. The smallest absolute Gasteiger partial charge is 0.329 e. The van der Waals surface area contributed by atoms with E-state index in [1.165, 1.54) is 11.8 Å². The van der Waals surface area contributed by atoms with E-state index in [2.05, 4.69) is 4.98 Å². The van der Waals surface area contributed by atoms with Crippen LogP contribution in [0.1, 0.15) is 16.5 Å². The minimum absolute atomic E-state index is 0.180. The normalized spacial score (nSPS) is 13.8. The highest BCUT2D eigenvalue weighted by Crippen LogP contribution is 2.26. The van der Waals surface area contributed by atoms with Crippen LogP contribution in [0.25, 0.3) is 0 Å². The topological polar surface area (TPSA) is 64.1 Å². The molecule has 0 radical (unpaired) electrons. The number of hydrogen-bond donors (Lipinski definition) is 1. The van der Waals surface area contributed by atoms with Gasteiger partial charge in [-0.3, -0.25) is 14.3 Å². The molecule has 2 aromatic rings. The maximum Gasteiger partial charge on any atom is 0.329 e.